The summed E-state index contributed by atoms with van der Waals surface area (Å²) >= 11 is 7.45. The van der Waals surface area contributed by atoms with Crippen molar-refractivity contribution >= 4 is 39.6 Å². The van der Waals surface area contributed by atoms with E-state index in [2.05, 4.69) is 43.7 Å². The van der Waals surface area contributed by atoms with Crippen molar-refractivity contribution in [2.75, 3.05) is 39.4 Å². The number of fused-ring (bicyclic) bond motifs is 1. The molecule has 0 aliphatic carbocycles. The fourth-order valence-corrected chi connectivity index (χ4v) is 4.86. The van der Waals surface area contributed by atoms with Crippen LogP contribution in [0, 0.1) is 6.92 Å². The van der Waals surface area contributed by atoms with E-state index in [4.69, 9.17) is 17.0 Å². The third kappa shape index (κ3) is 6.16. The number of aromatic amines is 1. The highest BCUT2D eigenvalue weighted by molar-refractivity contribution is 7.80. The van der Waals surface area contributed by atoms with Gasteiger partial charge in [-0.15, -0.1) is 11.3 Å². The van der Waals surface area contributed by atoms with E-state index in [1.54, 1.807) is 11.3 Å². The van der Waals surface area contributed by atoms with Crippen molar-refractivity contribution in [2.45, 2.75) is 26.4 Å². The van der Waals surface area contributed by atoms with Crippen LogP contribution in [-0.4, -0.2) is 59.3 Å². The zero-order valence-electron chi connectivity index (χ0n) is 18.4. The van der Waals surface area contributed by atoms with Gasteiger partial charge in [0.05, 0.1) is 26.3 Å². The molecule has 6 nitrogen and oxygen atoms in total. The highest BCUT2D eigenvalue weighted by Crippen LogP contribution is 2.17. The van der Waals surface area contributed by atoms with Crippen molar-refractivity contribution in [3.05, 3.63) is 68.1 Å². The molecule has 1 aliphatic heterocycles. The Morgan fingerprint density at radius 3 is 2.88 bits per heavy atom. The van der Waals surface area contributed by atoms with Crippen molar-refractivity contribution in [3.63, 3.8) is 0 Å². The van der Waals surface area contributed by atoms with Crippen molar-refractivity contribution in [2.24, 2.45) is 0 Å². The van der Waals surface area contributed by atoms with E-state index in [9.17, 15) is 4.79 Å². The van der Waals surface area contributed by atoms with E-state index in [-0.39, 0.29) is 5.56 Å². The summed E-state index contributed by atoms with van der Waals surface area (Å²) in [5.41, 5.74) is 2.65. The number of hydrogen-bond acceptors (Lipinski definition) is 5. The third-order valence-corrected chi connectivity index (χ3v) is 6.95. The number of pyridine rings is 1. The number of thiocarbonyl (C=S) groups is 1. The van der Waals surface area contributed by atoms with E-state index >= 15 is 0 Å². The molecule has 1 fully saturated rings. The van der Waals surface area contributed by atoms with Gasteiger partial charge in [-0.2, -0.15) is 0 Å². The van der Waals surface area contributed by atoms with Crippen molar-refractivity contribution in [1.29, 1.82) is 0 Å². The number of hydrogen-bond donors (Lipinski definition) is 2. The zero-order valence-corrected chi connectivity index (χ0v) is 20.1. The maximum absolute atomic E-state index is 12.8. The molecule has 0 spiro atoms. The van der Waals surface area contributed by atoms with Gasteiger partial charge in [0, 0.05) is 35.6 Å². The van der Waals surface area contributed by atoms with E-state index < -0.39 is 0 Å². The molecule has 0 unspecified atom stereocenters. The van der Waals surface area contributed by atoms with Crippen LogP contribution in [0.5, 0.6) is 0 Å². The molecule has 1 aromatic carbocycles. The minimum absolute atomic E-state index is 0.0607. The van der Waals surface area contributed by atoms with Crippen molar-refractivity contribution < 1.29 is 4.74 Å². The second-order valence-corrected chi connectivity index (χ2v) is 9.61. The Morgan fingerprint density at radius 2 is 2.09 bits per heavy atom. The van der Waals surface area contributed by atoms with Gasteiger partial charge in [-0.1, -0.05) is 18.2 Å². The predicted octanol–water partition coefficient (Wildman–Crippen LogP) is 3.50. The fourth-order valence-electron chi connectivity index (χ4n) is 3.91. The Labute approximate surface area is 198 Å². The van der Waals surface area contributed by atoms with Crippen LogP contribution in [0.3, 0.4) is 0 Å². The van der Waals surface area contributed by atoms with Crippen LogP contribution >= 0.6 is 23.6 Å². The third-order valence-electron chi connectivity index (χ3n) is 5.68. The van der Waals surface area contributed by atoms with Crippen LogP contribution in [0.1, 0.15) is 22.4 Å². The first-order chi connectivity index (χ1) is 15.6. The SMILES string of the molecule is Cc1ccc2cc(CN(Cc3cccs3)C(=S)NCCCN3CCOCC3)c(=O)[nH]c2c1. The van der Waals surface area contributed by atoms with E-state index in [0.717, 1.165) is 67.8 Å². The summed E-state index contributed by atoms with van der Waals surface area (Å²) < 4.78 is 5.41. The van der Waals surface area contributed by atoms with Gasteiger partial charge < -0.3 is 19.9 Å². The Balaban J connectivity index is 1.42. The van der Waals surface area contributed by atoms with E-state index in [1.807, 2.05) is 25.1 Å². The number of nitrogens with one attached hydrogen (secondary N) is 2. The monoisotopic (exact) mass is 470 g/mol. The summed E-state index contributed by atoms with van der Waals surface area (Å²) in [5, 5.41) is 7.19. The zero-order chi connectivity index (χ0) is 22.3. The van der Waals surface area contributed by atoms with Crippen LogP contribution in [0.15, 0.2) is 46.6 Å². The molecule has 2 aromatic heterocycles. The average Bonchev–Trinajstić information content (AvgIpc) is 3.30. The molecule has 0 bridgehead atoms. The van der Waals surface area contributed by atoms with Gasteiger partial charge in [0.1, 0.15) is 0 Å². The number of aryl methyl sites for hydroxylation is 1. The maximum Gasteiger partial charge on any atom is 0.253 e. The lowest BCUT2D eigenvalue weighted by Crippen LogP contribution is -2.41. The number of H-pyrrole nitrogens is 1. The molecule has 0 atom stereocenters. The summed E-state index contributed by atoms with van der Waals surface area (Å²) in [4.78, 5) is 21.5. The summed E-state index contributed by atoms with van der Waals surface area (Å²) in [5.74, 6) is 0. The van der Waals surface area contributed by atoms with Gasteiger partial charge in [-0.05, 0) is 66.6 Å². The Kier molecular flexibility index (Phi) is 7.91. The standard InChI is InChI=1S/C24H30N4O2S2/c1-18-5-6-19-15-20(23(29)26-22(19)14-18)16-28(17-21-4-2-13-32-21)24(31)25-7-3-8-27-9-11-30-12-10-27/h2,4-6,13-15H,3,7-12,16-17H2,1H3,(H,25,31)(H,26,29). The maximum atomic E-state index is 12.8. The van der Waals surface area contributed by atoms with Crippen LogP contribution < -0.4 is 10.9 Å². The van der Waals surface area contributed by atoms with Gasteiger partial charge in [0.25, 0.3) is 5.56 Å². The van der Waals surface area contributed by atoms with Gasteiger partial charge in [0.2, 0.25) is 0 Å². The molecule has 0 amide bonds. The molecule has 1 saturated heterocycles. The quantitative estimate of drug-likeness (QED) is 0.388. The van der Waals surface area contributed by atoms with Gasteiger partial charge >= 0.3 is 0 Å². The smallest absolute Gasteiger partial charge is 0.253 e. The second-order valence-electron chi connectivity index (χ2n) is 8.19. The number of rotatable bonds is 8. The molecule has 0 saturated carbocycles. The molecular weight excluding hydrogens is 440 g/mol. The van der Waals surface area contributed by atoms with Crippen LogP contribution in [0.4, 0.5) is 0 Å². The lowest BCUT2D eigenvalue weighted by atomic mass is 10.1. The Bertz CT molecular complexity index is 1090. The molecule has 0 radical (unpaired) electrons. The molecule has 4 rings (SSSR count). The first-order valence-corrected chi connectivity index (χ1v) is 12.3. The lowest BCUT2D eigenvalue weighted by molar-refractivity contribution is 0.0376. The molecule has 1 aliphatic rings. The van der Waals surface area contributed by atoms with Crippen molar-refractivity contribution in [1.82, 2.24) is 20.1 Å². The number of ether oxygens (including phenoxy) is 1. The first-order valence-electron chi connectivity index (χ1n) is 11.1. The fraction of sp³-hybridized carbons (Fsp3) is 0.417. The number of benzene rings is 1. The van der Waals surface area contributed by atoms with E-state index in [1.165, 1.54) is 4.88 Å². The van der Waals surface area contributed by atoms with Crippen LogP contribution in [0.25, 0.3) is 10.9 Å². The second kappa shape index (κ2) is 11.0. The molecular formula is C24H30N4O2S2. The minimum Gasteiger partial charge on any atom is -0.379 e. The topological polar surface area (TPSA) is 60.6 Å². The van der Waals surface area contributed by atoms with E-state index in [0.29, 0.717) is 18.2 Å². The molecule has 8 heteroatoms. The van der Waals surface area contributed by atoms with Crippen LogP contribution in [-0.2, 0) is 17.8 Å². The molecule has 2 N–H and O–H groups in total. The summed E-state index contributed by atoms with van der Waals surface area (Å²) in [6.07, 6.45) is 1.02. The predicted molar refractivity (Wildman–Crippen MR) is 135 cm³/mol. The largest absolute Gasteiger partial charge is 0.379 e. The Hall–Kier alpha value is -2.26. The molecule has 3 heterocycles. The highest BCUT2D eigenvalue weighted by atomic mass is 32.1. The lowest BCUT2D eigenvalue weighted by Gasteiger charge is -2.28. The Morgan fingerprint density at radius 1 is 1.25 bits per heavy atom. The number of morpholine rings is 1. The highest BCUT2D eigenvalue weighted by Gasteiger charge is 2.15. The van der Waals surface area contributed by atoms with Crippen LogP contribution in [0.2, 0.25) is 0 Å². The van der Waals surface area contributed by atoms with Gasteiger partial charge in [0.15, 0.2) is 5.11 Å². The number of thiophene rings is 1. The molecule has 170 valence electrons. The van der Waals surface area contributed by atoms with Gasteiger partial charge in [-0.25, -0.2) is 0 Å². The van der Waals surface area contributed by atoms with Crippen molar-refractivity contribution in [3.8, 4) is 0 Å². The van der Waals surface area contributed by atoms with Gasteiger partial charge in [-0.3, -0.25) is 9.69 Å². The summed E-state index contributed by atoms with van der Waals surface area (Å²) in [6.45, 7) is 8.65. The normalized spacial score (nSPS) is 14.5. The number of nitrogens with zero attached hydrogens (tertiary/aromatic N) is 2. The average molecular weight is 471 g/mol. The summed E-state index contributed by atoms with van der Waals surface area (Å²) in [6, 6.07) is 12.2. The molecule has 32 heavy (non-hydrogen) atoms. The summed E-state index contributed by atoms with van der Waals surface area (Å²) in [7, 11) is 0. The first kappa shape index (κ1) is 22.9. The molecule has 3 aromatic rings. The minimum atomic E-state index is -0.0607. The number of aromatic nitrogens is 1.